The van der Waals surface area contributed by atoms with Crippen LogP contribution >= 0.6 is 0 Å². The van der Waals surface area contributed by atoms with E-state index in [-0.39, 0.29) is 17.6 Å². The van der Waals surface area contributed by atoms with Gasteiger partial charge in [-0.3, -0.25) is 9.59 Å². The van der Waals surface area contributed by atoms with Crippen molar-refractivity contribution < 1.29 is 14.7 Å². The van der Waals surface area contributed by atoms with E-state index in [1.807, 2.05) is 42.2 Å². The number of nitrogens with zero attached hydrogens (tertiary/aromatic N) is 1. The van der Waals surface area contributed by atoms with Crippen molar-refractivity contribution in [2.45, 2.75) is 32.2 Å². The maximum atomic E-state index is 13.6. The van der Waals surface area contributed by atoms with Crippen LogP contribution in [0.25, 0.3) is 0 Å². The van der Waals surface area contributed by atoms with Crippen molar-refractivity contribution in [1.29, 1.82) is 0 Å². The number of hydrogen-bond acceptors (Lipinski definition) is 3. The minimum atomic E-state index is -0.866. The Kier molecular flexibility index (Phi) is 4.91. The lowest BCUT2D eigenvalue weighted by atomic mass is 9.61. The molecule has 5 heteroatoms. The van der Waals surface area contributed by atoms with Crippen molar-refractivity contribution in [3.8, 4) is 0 Å². The van der Waals surface area contributed by atoms with Gasteiger partial charge in [-0.1, -0.05) is 37.3 Å². The van der Waals surface area contributed by atoms with Gasteiger partial charge in [-0.05, 0) is 53.4 Å². The number of carbonyl (C=O) groups excluding carboxylic acids is 2. The highest BCUT2D eigenvalue weighted by Gasteiger charge is 2.57. The van der Waals surface area contributed by atoms with E-state index >= 15 is 0 Å². The Morgan fingerprint density at radius 1 is 1.38 bits per heavy atom. The number of fused-ring (bicyclic) bond motifs is 3. The van der Waals surface area contributed by atoms with Crippen molar-refractivity contribution in [2.75, 3.05) is 13.1 Å². The van der Waals surface area contributed by atoms with Gasteiger partial charge >= 0.3 is 0 Å². The highest BCUT2D eigenvalue weighted by Crippen LogP contribution is 2.52. The molecule has 4 aliphatic rings. The number of likely N-dealkylation sites (tertiary alicyclic amines) is 1. The number of piperidine rings is 1. The first-order chi connectivity index (χ1) is 14.0. The van der Waals surface area contributed by atoms with Gasteiger partial charge in [0.25, 0.3) is 0 Å². The molecule has 2 bridgehead atoms. The average Bonchev–Trinajstić information content (AvgIpc) is 2.98. The molecule has 1 aliphatic heterocycles. The summed E-state index contributed by atoms with van der Waals surface area (Å²) in [5, 5.41) is 13.2. The molecule has 1 fully saturated rings. The first kappa shape index (κ1) is 19.2. The number of amides is 2. The molecule has 1 heterocycles. The Hall–Kier alpha value is -3.08. The van der Waals surface area contributed by atoms with Gasteiger partial charge in [-0.2, -0.15) is 0 Å². The summed E-state index contributed by atoms with van der Waals surface area (Å²) in [5.41, 5.74) is 2.78. The van der Waals surface area contributed by atoms with Crippen molar-refractivity contribution in [2.24, 2.45) is 5.41 Å². The van der Waals surface area contributed by atoms with Crippen molar-refractivity contribution in [3.63, 3.8) is 0 Å². The summed E-state index contributed by atoms with van der Waals surface area (Å²) in [6, 6.07) is -0.412. The van der Waals surface area contributed by atoms with Gasteiger partial charge in [0.1, 0.15) is 5.76 Å². The van der Waals surface area contributed by atoms with Gasteiger partial charge in [0.2, 0.25) is 11.8 Å². The van der Waals surface area contributed by atoms with Gasteiger partial charge in [0.05, 0.1) is 11.5 Å². The second kappa shape index (κ2) is 7.39. The monoisotopic (exact) mass is 390 g/mol. The number of aliphatic hydroxyl groups is 1. The zero-order valence-corrected chi connectivity index (χ0v) is 16.6. The lowest BCUT2D eigenvalue weighted by Crippen LogP contribution is -2.62. The zero-order valence-electron chi connectivity index (χ0n) is 16.6. The van der Waals surface area contributed by atoms with Gasteiger partial charge < -0.3 is 15.3 Å². The van der Waals surface area contributed by atoms with Crippen molar-refractivity contribution in [3.05, 3.63) is 83.2 Å². The topological polar surface area (TPSA) is 69.6 Å². The fourth-order valence-corrected chi connectivity index (χ4v) is 4.91. The summed E-state index contributed by atoms with van der Waals surface area (Å²) < 4.78 is 0. The molecular formula is C24H26N2O3. The molecule has 2 unspecified atom stereocenters. The first-order valence-electron chi connectivity index (χ1n) is 10.2. The van der Waals surface area contributed by atoms with Crippen LogP contribution in [0.4, 0.5) is 0 Å². The van der Waals surface area contributed by atoms with Crippen LogP contribution in [0.5, 0.6) is 0 Å². The number of hydrogen-bond donors (Lipinski definition) is 2. The predicted molar refractivity (Wildman–Crippen MR) is 113 cm³/mol. The molecule has 0 aromatic rings. The van der Waals surface area contributed by atoms with E-state index in [0.717, 1.165) is 28.7 Å². The zero-order chi connectivity index (χ0) is 20.6. The highest BCUT2D eigenvalue weighted by molar-refractivity contribution is 5.94. The molecule has 0 aromatic heterocycles. The second-order valence-electron chi connectivity index (χ2n) is 7.81. The quantitative estimate of drug-likeness (QED) is 0.707. The molecule has 2 amide bonds. The molecule has 4 rings (SSSR count). The summed E-state index contributed by atoms with van der Waals surface area (Å²) in [6.07, 6.45) is 16.4. The Labute approximate surface area is 171 Å². The molecule has 2 N–H and O–H groups in total. The van der Waals surface area contributed by atoms with Crippen LogP contribution in [0.3, 0.4) is 0 Å². The molecule has 0 spiro atoms. The molecule has 3 aliphatic carbocycles. The molecular weight excluding hydrogens is 364 g/mol. The fraction of sp³-hybridized carbons (Fsp3) is 0.333. The van der Waals surface area contributed by atoms with Gasteiger partial charge in [-0.25, -0.2) is 0 Å². The summed E-state index contributed by atoms with van der Waals surface area (Å²) in [5.74, 6) is 0.138. The largest absolute Gasteiger partial charge is 0.508 e. The first-order valence-corrected chi connectivity index (χ1v) is 10.2. The smallest absolute Gasteiger partial charge is 0.233 e. The Balaban J connectivity index is 1.96. The minimum absolute atomic E-state index is 0.0701. The summed E-state index contributed by atoms with van der Waals surface area (Å²) in [4.78, 5) is 28.4. The standard InChI is InChI=1S/C24H26N2O3/c1-3-12-25-23(29)24-11-10-21(28)26(13-4-2)22(24)19-9-8-18(27)14-16-6-5-7-17(24)15-20(16)19/h3,5-9,14-15,22,27H,1,4,10-13H2,2H3,(H,25,29). The van der Waals surface area contributed by atoms with Crippen LogP contribution in [0.1, 0.15) is 26.2 Å². The Morgan fingerprint density at radius 2 is 2.21 bits per heavy atom. The van der Waals surface area contributed by atoms with Crippen LogP contribution in [-0.2, 0) is 9.59 Å². The normalized spacial score (nSPS) is 27.3. The van der Waals surface area contributed by atoms with Crippen molar-refractivity contribution in [1.82, 2.24) is 10.2 Å². The Morgan fingerprint density at radius 3 is 2.97 bits per heavy atom. The van der Waals surface area contributed by atoms with Crippen LogP contribution in [-0.4, -0.2) is 41.0 Å². The third kappa shape index (κ3) is 2.92. The molecule has 5 nitrogen and oxygen atoms in total. The average molecular weight is 390 g/mol. The molecule has 2 atom stereocenters. The minimum Gasteiger partial charge on any atom is -0.508 e. The fourth-order valence-electron chi connectivity index (χ4n) is 4.91. The molecule has 29 heavy (non-hydrogen) atoms. The van der Waals surface area contributed by atoms with E-state index in [0.29, 0.717) is 25.9 Å². The van der Waals surface area contributed by atoms with E-state index in [2.05, 4.69) is 11.9 Å². The number of aliphatic hydroxyl groups excluding tert-OH is 1. The van der Waals surface area contributed by atoms with Gasteiger partial charge in [-0.15, -0.1) is 6.58 Å². The molecule has 0 aromatic carbocycles. The summed E-state index contributed by atoms with van der Waals surface area (Å²) in [7, 11) is 0. The molecule has 0 radical (unpaired) electrons. The van der Waals surface area contributed by atoms with Gasteiger partial charge in [0, 0.05) is 19.5 Å². The third-order valence-corrected chi connectivity index (χ3v) is 6.13. The number of rotatable bonds is 5. The van der Waals surface area contributed by atoms with Crippen LogP contribution in [0.15, 0.2) is 83.2 Å². The van der Waals surface area contributed by atoms with Crippen LogP contribution in [0.2, 0.25) is 0 Å². The van der Waals surface area contributed by atoms with E-state index in [1.54, 1.807) is 18.2 Å². The lowest BCUT2D eigenvalue weighted by molar-refractivity contribution is -0.146. The SMILES string of the molecule is C=CCNC(=O)C12CCC(=O)N(CCC)C1C1=C3C=C2C=CC=C3C=C(O)C=C1. The second-order valence-corrected chi connectivity index (χ2v) is 7.81. The number of carbonyl (C=O) groups is 2. The maximum Gasteiger partial charge on any atom is 0.233 e. The van der Waals surface area contributed by atoms with E-state index in [1.165, 1.54) is 0 Å². The molecule has 0 saturated carbocycles. The van der Waals surface area contributed by atoms with Crippen molar-refractivity contribution >= 4 is 11.8 Å². The summed E-state index contributed by atoms with van der Waals surface area (Å²) >= 11 is 0. The lowest BCUT2D eigenvalue weighted by Gasteiger charge is -2.52. The van der Waals surface area contributed by atoms with E-state index < -0.39 is 11.5 Å². The van der Waals surface area contributed by atoms with E-state index in [4.69, 9.17) is 0 Å². The van der Waals surface area contributed by atoms with Gasteiger partial charge in [0.15, 0.2) is 0 Å². The molecule has 150 valence electrons. The van der Waals surface area contributed by atoms with Crippen LogP contribution < -0.4 is 5.32 Å². The number of allylic oxidation sites excluding steroid dienone is 8. The summed E-state index contributed by atoms with van der Waals surface area (Å²) in [6.45, 7) is 6.71. The van der Waals surface area contributed by atoms with Crippen LogP contribution in [0, 0.1) is 5.41 Å². The maximum absolute atomic E-state index is 13.6. The Bertz CT molecular complexity index is 961. The number of nitrogens with one attached hydrogen (secondary N) is 1. The highest BCUT2D eigenvalue weighted by atomic mass is 16.3. The third-order valence-electron chi connectivity index (χ3n) is 6.13. The molecule has 1 saturated heterocycles. The predicted octanol–water partition coefficient (Wildman–Crippen LogP) is 3.42. The van der Waals surface area contributed by atoms with E-state index in [9.17, 15) is 14.7 Å².